The van der Waals surface area contributed by atoms with Crippen LogP contribution in [0.25, 0.3) is 11.5 Å². The fourth-order valence-electron chi connectivity index (χ4n) is 2.32. The van der Waals surface area contributed by atoms with Gasteiger partial charge in [0.15, 0.2) is 5.82 Å². The minimum Gasteiger partial charge on any atom is -0.309 e. The molecule has 1 amide bonds. The van der Waals surface area contributed by atoms with Crippen molar-refractivity contribution >= 4 is 11.7 Å². The van der Waals surface area contributed by atoms with E-state index in [1.54, 1.807) is 33.4 Å². The van der Waals surface area contributed by atoms with Crippen LogP contribution in [-0.2, 0) is 25.4 Å². The molecule has 0 aromatic carbocycles. The van der Waals surface area contributed by atoms with Crippen molar-refractivity contribution in [1.29, 1.82) is 0 Å². The predicted molar refractivity (Wildman–Crippen MR) is 88.2 cm³/mol. The first-order chi connectivity index (χ1) is 11.4. The van der Waals surface area contributed by atoms with Crippen LogP contribution in [0.3, 0.4) is 0 Å². The van der Waals surface area contributed by atoms with E-state index in [9.17, 15) is 4.79 Å². The fraction of sp³-hybridized carbons (Fsp3) is 0.400. The van der Waals surface area contributed by atoms with Crippen LogP contribution in [0.2, 0.25) is 0 Å². The SMILES string of the molecule is CC(C)c1cc(NC(=O)Cn2ccc(-c3ncnn3C)n2)n(C)n1. The average Bonchev–Trinajstić information content (AvgIpc) is 3.21. The van der Waals surface area contributed by atoms with Gasteiger partial charge in [-0.1, -0.05) is 13.8 Å². The molecule has 9 heteroatoms. The molecule has 0 radical (unpaired) electrons. The van der Waals surface area contributed by atoms with Gasteiger partial charge < -0.3 is 5.32 Å². The zero-order chi connectivity index (χ0) is 17.3. The summed E-state index contributed by atoms with van der Waals surface area (Å²) in [6.07, 6.45) is 3.21. The summed E-state index contributed by atoms with van der Waals surface area (Å²) in [6.45, 7) is 4.23. The molecule has 0 unspecified atom stereocenters. The van der Waals surface area contributed by atoms with Gasteiger partial charge in [-0.3, -0.25) is 14.2 Å². The standard InChI is InChI=1S/C15H20N8O/c1-10(2)12-7-13(21(3)19-12)18-14(24)8-23-6-5-11(20-23)15-16-9-17-22(15)4/h5-7,9-10H,8H2,1-4H3,(H,18,24). The van der Waals surface area contributed by atoms with Crippen molar-refractivity contribution in [2.45, 2.75) is 26.3 Å². The van der Waals surface area contributed by atoms with Gasteiger partial charge in [0.1, 0.15) is 24.4 Å². The minimum atomic E-state index is -0.166. The molecule has 0 aliphatic carbocycles. The summed E-state index contributed by atoms with van der Waals surface area (Å²) in [7, 11) is 3.60. The number of hydrogen-bond acceptors (Lipinski definition) is 5. The number of nitrogens with zero attached hydrogens (tertiary/aromatic N) is 7. The van der Waals surface area contributed by atoms with Gasteiger partial charge >= 0.3 is 0 Å². The van der Waals surface area contributed by atoms with Gasteiger partial charge in [-0.15, -0.1) is 0 Å². The monoisotopic (exact) mass is 328 g/mol. The van der Waals surface area contributed by atoms with Crippen LogP contribution in [0, 0.1) is 0 Å². The Bertz CT molecular complexity index is 857. The maximum Gasteiger partial charge on any atom is 0.247 e. The van der Waals surface area contributed by atoms with Gasteiger partial charge in [-0.2, -0.15) is 15.3 Å². The summed E-state index contributed by atoms with van der Waals surface area (Å²) < 4.78 is 4.87. The molecule has 0 atom stereocenters. The summed E-state index contributed by atoms with van der Waals surface area (Å²) in [5, 5.41) is 15.6. The van der Waals surface area contributed by atoms with E-state index < -0.39 is 0 Å². The van der Waals surface area contributed by atoms with Crippen molar-refractivity contribution in [3.63, 3.8) is 0 Å². The summed E-state index contributed by atoms with van der Waals surface area (Å²) in [5.74, 6) is 1.47. The second-order valence-electron chi connectivity index (χ2n) is 5.89. The first kappa shape index (κ1) is 15.9. The number of hydrogen-bond donors (Lipinski definition) is 1. The Hall–Kier alpha value is -2.97. The Morgan fingerprint density at radius 2 is 2.04 bits per heavy atom. The van der Waals surface area contributed by atoms with Gasteiger partial charge in [0.25, 0.3) is 0 Å². The minimum absolute atomic E-state index is 0.111. The summed E-state index contributed by atoms with van der Waals surface area (Å²) in [5.41, 5.74) is 1.61. The van der Waals surface area contributed by atoms with Crippen LogP contribution in [0.1, 0.15) is 25.5 Å². The van der Waals surface area contributed by atoms with Crippen molar-refractivity contribution in [1.82, 2.24) is 34.3 Å². The highest BCUT2D eigenvalue weighted by molar-refractivity contribution is 5.89. The molecule has 3 heterocycles. The number of carbonyl (C=O) groups is 1. The molecule has 0 saturated carbocycles. The smallest absolute Gasteiger partial charge is 0.247 e. The topological polar surface area (TPSA) is 95.5 Å². The second kappa shape index (κ2) is 6.26. The molecule has 0 bridgehead atoms. The first-order valence-electron chi connectivity index (χ1n) is 7.65. The molecule has 126 valence electrons. The normalized spacial score (nSPS) is 11.2. The third-order valence-electron chi connectivity index (χ3n) is 3.64. The third kappa shape index (κ3) is 3.19. The highest BCUT2D eigenvalue weighted by atomic mass is 16.2. The third-order valence-corrected chi connectivity index (χ3v) is 3.64. The Morgan fingerprint density at radius 3 is 2.67 bits per heavy atom. The molecule has 3 aromatic heterocycles. The molecule has 1 N–H and O–H groups in total. The lowest BCUT2D eigenvalue weighted by atomic mass is 10.1. The zero-order valence-corrected chi connectivity index (χ0v) is 14.1. The van der Waals surface area contributed by atoms with E-state index in [-0.39, 0.29) is 12.5 Å². The number of amides is 1. The number of carbonyl (C=O) groups excluding carboxylic acids is 1. The second-order valence-corrected chi connectivity index (χ2v) is 5.89. The van der Waals surface area contributed by atoms with Crippen molar-refractivity contribution in [3.05, 3.63) is 30.4 Å². The number of aryl methyl sites for hydroxylation is 2. The van der Waals surface area contributed by atoms with Crippen LogP contribution in [-0.4, -0.2) is 40.2 Å². The molecule has 9 nitrogen and oxygen atoms in total. The van der Waals surface area contributed by atoms with Crippen molar-refractivity contribution in [3.8, 4) is 11.5 Å². The van der Waals surface area contributed by atoms with E-state index >= 15 is 0 Å². The van der Waals surface area contributed by atoms with Crippen LogP contribution in [0.5, 0.6) is 0 Å². The maximum absolute atomic E-state index is 12.2. The summed E-state index contributed by atoms with van der Waals surface area (Å²) >= 11 is 0. The number of rotatable bonds is 5. The van der Waals surface area contributed by atoms with Gasteiger partial charge in [-0.05, 0) is 12.0 Å². The molecule has 0 fully saturated rings. The first-order valence-corrected chi connectivity index (χ1v) is 7.65. The highest BCUT2D eigenvalue weighted by Crippen LogP contribution is 2.17. The van der Waals surface area contributed by atoms with Gasteiger partial charge in [-0.25, -0.2) is 9.67 Å². The fourth-order valence-corrected chi connectivity index (χ4v) is 2.32. The summed E-state index contributed by atoms with van der Waals surface area (Å²) in [6, 6.07) is 3.69. The Labute approximate surface area is 139 Å². The number of nitrogens with one attached hydrogen (secondary N) is 1. The molecule has 0 spiro atoms. The van der Waals surface area contributed by atoms with Crippen LogP contribution < -0.4 is 5.32 Å². The van der Waals surface area contributed by atoms with Crippen molar-refractivity contribution in [2.75, 3.05) is 5.32 Å². The number of anilines is 1. The lowest BCUT2D eigenvalue weighted by molar-refractivity contribution is -0.116. The molecule has 0 aliphatic heterocycles. The van der Waals surface area contributed by atoms with Crippen LogP contribution in [0.15, 0.2) is 24.7 Å². The molecule has 0 aliphatic rings. The van der Waals surface area contributed by atoms with Gasteiger partial charge in [0.05, 0.1) is 5.69 Å². The molecular formula is C15H20N8O. The van der Waals surface area contributed by atoms with E-state index in [0.29, 0.717) is 23.3 Å². The summed E-state index contributed by atoms with van der Waals surface area (Å²) in [4.78, 5) is 16.4. The Morgan fingerprint density at radius 1 is 1.25 bits per heavy atom. The molecule has 3 aromatic rings. The molecule has 0 saturated heterocycles. The van der Waals surface area contributed by atoms with E-state index in [1.165, 1.54) is 6.33 Å². The number of aromatic nitrogens is 7. The van der Waals surface area contributed by atoms with Gasteiger partial charge in [0.2, 0.25) is 5.91 Å². The largest absolute Gasteiger partial charge is 0.309 e. The lowest BCUT2D eigenvalue weighted by Crippen LogP contribution is -2.20. The van der Waals surface area contributed by atoms with Crippen molar-refractivity contribution < 1.29 is 4.79 Å². The Balaban J connectivity index is 1.67. The quantitative estimate of drug-likeness (QED) is 0.758. The van der Waals surface area contributed by atoms with E-state index in [1.807, 2.05) is 13.1 Å². The zero-order valence-electron chi connectivity index (χ0n) is 14.1. The van der Waals surface area contributed by atoms with E-state index in [2.05, 4.69) is 39.4 Å². The Kier molecular flexibility index (Phi) is 4.15. The average molecular weight is 328 g/mol. The van der Waals surface area contributed by atoms with Gasteiger partial charge in [0, 0.05) is 26.4 Å². The molecule has 24 heavy (non-hydrogen) atoms. The van der Waals surface area contributed by atoms with E-state index in [0.717, 1.165) is 5.69 Å². The molecule has 3 rings (SSSR count). The predicted octanol–water partition coefficient (Wildman–Crippen LogP) is 1.17. The van der Waals surface area contributed by atoms with E-state index in [4.69, 9.17) is 0 Å². The lowest BCUT2D eigenvalue weighted by Gasteiger charge is -2.05. The highest BCUT2D eigenvalue weighted by Gasteiger charge is 2.13. The maximum atomic E-state index is 12.2. The van der Waals surface area contributed by atoms with Crippen LogP contribution >= 0.6 is 0 Å². The van der Waals surface area contributed by atoms with Crippen LogP contribution in [0.4, 0.5) is 5.82 Å². The van der Waals surface area contributed by atoms with Crippen molar-refractivity contribution in [2.24, 2.45) is 14.1 Å². The molecular weight excluding hydrogens is 308 g/mol.